The van der Waals surface area contributed by atoms with Crippen LogP contribution in [0, 0.1) is 11.3 Å². The van der Waals surface area contributed by atoms with Gasteiger partial charge in [-0.3, -0.25) is 14.3 Å². The molecule has 1 aliphatic rings. The Balaban J connectivity index is 2.05. The average Bonchev–Trinajstić information content (AvgIpc) is 2.98. The zero-order chi connectivity index (χ0) is 15.5. The fraction of sp³-hybridized carbons (Fsp3) is 0.667. The van der Waals surface area contributed by atoms with Gasteiger partial charge in [-0.15, -0.1) is 0 Å². The first-order valence-corrected chi connectivity index (χ1v) is 7.47. The van der Waals surface area contributed by atoms with E-state index in [1.165, 1.54) is 10.9 Å². The SMILES string of the molecule is CC(C)CC1(C(=O)Nc2cnn(CC(=O)O)c2)CCCC1. The Kier molecular flexibility index (Phi) is 4.65. The van der Waals surface area contributed by atoms with Crippen LogP contribution in [0.25, 0.3) is 0 Å². The topological polar surface area (TPSA) is 84.2 Å². The van der Waals surface area contributed by atoms with Crippen molar-refractivity contribution < 1.29 is 14.7 Å². The number of rotatable bonds is 6. The van der Waals surface area contributed by atoms with Crippen molar-refractivity contribution in [2.75, 3.05) is 5.32 Å². The lowest BCUT2D eigenvalue weighted by molar-refractivity contribution is -0.137. The summed E-state index contributed by atoms with van der Waals surface area (Å²) in [4.78, 5) is 23.3. The predicted molar refractivity (Wildman–Crippen MR) is 78.8 cm³/mol. The highest BCUT2D eigenvalue weighted by molar-refractivity contribution is 5.95. The van der Waals surface area contributed by atoms with Crippen molar-refractivity contribution in [1.82, 2.24) is 9.78 Å². The van der Waals surface area contributed by atoms with Crippen LogP contribution in [0.5, 0.6) is 0 Å². The lowest BCUT2D eigenvalue weighted by Crippen LogP contribution is -2.35. The van der Waals surface area contributed by atoms with Crippen molar-refractivity contribution in [2.45, 2.75) is 52.5 Å². The highest BCUT2D eigenvalue weighted by atomic mass is 16.4. The number of amides is 1. The van der Waals surface area contributed by atoms with E-state index in [2.05, 4.69) is 24.3 Å². The summed E-state index contributed by atoms with van der Waals surface area (Å²) >= 11 is 0. The van der Waals surface area contributed by atoms with Gasteiger partial charge in [0.15, 0.2) is 0 Å². The molecule has 21 heavy (non-hydrogen) atoms. The zero-order valence-electron chi connectivity index (χ0n) is 12.6. The van der Waals surface area contributed by atoms with Crippen LogP contribution in [0.2, 0.25) is 0 Å². The lowest BCUT2D eigenvalue weighted by atomic mass is 9.77. The normalized spacial score (nSPS) is 17.1. The molecule has 1 heterocycles. The number of carboxylic acid groups (broad SMARTS) is 1. The van der Waals surface area contributed by atoms with Crippen molar-refractivity contribution in [3.05, 3.63) is 12.4 Å². The predicted octanol–water partition coefficient (Wildman–Crippen LogP) is 2.51. The van der Waals surface area contributed by atoms with Crippen molar-refractivity contribution in [2.24, 2.45) is 11.3 Å². The van der Waals surface area contributed by atoms with E-state index in [9.17, 15) is 9.59 Å². The minimum atomic E-state index is -0.956. The minimum absolute atomic E-state index is 0.0450. The molecule has 1 aromatic rings. The van der Waals surface area contributed by atoms with Crippen LogP contribution >= 0.6 is 0 Å². The fourth-order valence-electron chi connectivity index (χ4n) is 3.27. The fourth-order valence-corrected chi connectivity index (χ4v) is 3.27. The van der Waals surface area contributed by atoms with Gasteiger partial charge in [-0.1, -0.05) is 26.7 Å². The highest BCUT2D eigenvalue weighted by Gasteiger charge is 2.41. The van der Waals surface area contributed by atoms with E-state index in [0.29, 0.717) is 11.6 Å². The Labute approximate surface area is 124 Å². The Morgan fingerprint density at radius 1 is 1.43 bits per heavy atom. The molecule has 1 amide bonds. The van der Waals surface area contributed by atoms with Gasteiger partial charge < -0.3 is 10.4 Å². The molecule has 6 heteroatoms. The van der Waals surface area contributed by atoms with Gasteiger partial charge in [0.1, 0.15) is 6.54 Å². The molecule has 0 saturated heterocycles. The summed E-state index contributed by atoms with van der Waals surface area (Å²) in [6.45, 7) is 4.07. The van der Waals surface area contributed by atoms with Gasteiger partial charge in [0.05, 0.1) is 11.9 Å². The Morgan fingerprint density at radius 3 is 2.67 bits per heavy atom. The summed E-state index contributed by atoms with van der Waals surface area (Å²) in [5, 5.41) is 15.6. The summed E-state index contributed by atoms with van der Waals surface area (Å²) in [6, 6.07) is 0. The van der Waals surface area contributed by atoms with Gasteiger partial charge in [0.25, 0.3) is 0 Å². The van der Waals surface area contributed by atoms with E-state index in [0.717, 1.165) is 32.1 Å². The first-order valence-electron chi connectivity index (χ1n) is 7.47. The minimum Gasteiger partial charge on any atom is -0.480 e. The van der Waals surface area contributed by atoms with E-state index in [1.807, 2.05) is 0 Å². The number of nitrogens with zero attached hydrogens (tertiary/aromatic N) is 2. The molecule has 0 spiro atoms. The largest absolute Gasteiger partial charge is 0.480 e. The van der Waals surface area contributed by atoms with E-state index in [-0.39, 0.29) is 17.9 Å². The second-order valence-corrected chi connectivity index (χ2v) is 6.36. The molecule has 0 aromatic carbocycles. The first-order chi connectivity index (χ1) is 9.91. The standard InChI is InChI=1S/C15H23N3O3/c1-11(2)7-15(5-3-4-6-15)14(21)17-12-8-16-18(9-12)10-13(19)20/h8-9,11H,3-7,10H2,1-2H3,(H,17,21)(H,19,20). The number of hydrogen-bond acceptors (Lipinski definition) is 3. The summed E-state index contributed by atoms with van der Waals surface area (Å²) in [7, 11) is 0. The molecule has 0 unspecified atom stereocenters. The van der Waals surface area contributed by atoms with Crippen molar-refractivity contribution >= 4 is 17.6 Å². The number of aliphatic carboxylic acids is 1. The maximum absolute atomic E-state index is 12.6. The van der Waals surface area contributed by atoms with Gasteiger partial charge in [0.2, 0.25) is 5.91 Å². The monoisotopic (exact) mass is 293 g/mol. The van der Waals surface area contributed by atoms with Gasteiger partial charge in [-0.05, 0) is 25.2 Å². The highest BCUT2D eigenvalue weighted by Crippen LogP contribution is 2.44. The molecule has 2 N–H and O–H groups in total. The Bertz CT molecular complexity index is 516. The Morgan fingerprint density at radius 2 is 2.10 bits per heavy atom. The second-order valence-electron chi connectivity index (χ2n) is 6.36. The molecule has 0 atom stereocenters. The van der Waals surface area contributed by atoms with Crippen molar-refractivity contribution in [3.8, 4) is 0 Å². The van der Waals surface area contributed by atoms with Crippen LogP contribution in [-0.4, -0.2) is 26.8 Å². The molecule has 6 nitrogen and oxygen atoms in total. The third kappa shape index (κ3) is 3.83. The molecule has 2 rings (SSSR count). The lowest BCUT2D eigenvalue weighted by Gasteiger charge is -2.29. The second kappa shape index (κ2) is 6.28. The number of anilines is 1. The van der Waals surface area contributed by atoms with E-state index >= 15 is 0 Å². The van der Waals surface area contributed by atoms with Gasteiger partial charge in [-0.2, -0.15) is 5.10 Å². The number of carboxylic acids is 1. The third-order valence-electron chi connectivity index (χ3n) is 4.03. The molecule has 1 aliphatic carbocycles. The number of carbonyl (C=O) groups excluding carboxylic acids is 1. The molecule has 1 saturated carbocycles. The molecule has 1 aromatic heterocycles. The maximum Gasteiger partial charge on any atom is 0.325 e. The van der Waals surface area contributed by atoms with E-state index < -0.39 is 5.97 Å². The van der Waals surface area contributed by atoms with Crippen molar-refractivity contribution in [1.29, 1.82) is 0 Å². The van der Waals surface area contributed by atoms with Crippen molar-refractivity contribution in [3.63, 3.8) is 0 Å². The zero-order valence-corrected chi connectivity index (χ0v) is 12.6. The molecule has 1 fully saturated rings. The summed E-state index contributed by atoms with van der Waals surface area (Å²) in [5.74, 6) is -0.435. The number of carbonyl (C=O) groups is 2. The number of nitrogens with one attached hydrogen (secondary N) is 1. The van der Waals surface area contributed by atoms with Crippen LogP contribution in [0.15, 0.2) is 12.4 Å². The van der Waals surface area contributed by atoms with Gasteiger partial charge in [-0.25, -0.2) is 0 Å². The van der Waals surface area contributed by atoms with E-state index in [1.54, 1.807) is 6.20 Å². The Hall–Kier alpha value is -1.85. The molecule has 0 bridgehead atoms. The molecule has 116 valence electrons. The molecular formula is C15H23N3O3. The number of aromatic nitrogens is 2. The summed E-state index contributed by atoms with van der Waals surface area (Å²) < 4.78 is 1.31. The molecular weight excluding hydrogens is 270 g/mol. The van der Waals surface area contributed by atoms with Gasteiger partial charge in [0, 0.05) is 11.6 Å². The van der Waals surface area contributed by atoms with E-state index in [4.69, 9.17) is 5.11 Å². The van der Waals surface area contributed by atoms with Crippen LogP contribution < -0.4 is 5.32 Å². The molecule has 0 aliphatic heterocycles. The van der Waals surface area contributed by atoms with Crippen LogP contribution in [0.1, 0.15) is 46.0 Å². The van der Waals surface area contributed by atoms with Crippen LogP contribution in [-0.2, 0) is 16.1 Å². The smallest absolute Gasteiger partial charge is 0.325 e. The third-order valence-corrected chi connectivity index (χ3v) is 4.03. The van der Waals surface area contributed by atoms with Crippen LogP contribution in [0.3, 0.4) is 0 Å². The number of hydrogen-bond donors (Lipinski definition) is 2. The van der Waals surface area contributed by atoms with Crippen LogP contribution in [0.4, 0.5) is 5.69 Å². The maximum atomic E-state index is 12.6. The molecule has 0 radical (unpaired) electrons. The average molecular weight is 293 g/mol. The first kappa shape index (κ1) is 15.5. The van der Waals surface area contributed by atoms with Gasteiger partial charge >= 0.3 is 5.97 Å². The summed E-state index contributed by atoms with van der Waals surface area (Å²) in [6.07, 6.45) is 8.00. The summed E-state index contributed by atoms with van der Waals surface area (Å²) in [5.41, 5.74) is 0.291. The quantitative estimate of drug-likeness (QED) is 0.844.